The fourth-order valence-electron chi connectivity index (χ4n) is 4.05. The van der Waals surface area contributed by atoms with Crippen LogP contribution in [0, 0.1) is 13.8 Å². The van der Waals surface area contributed by atoms with Gasteiger partial charge in [-0.25, -0.2) is 0 Å². The number of aryl methyl sites for hydroxylation is 4. The maximum atomic E-state index is 12.6. The summed E-state index contributed by atoms with van der Waals surface area (Å²) in [6.07, 6.45) is 4.86. The maximum absolute atomic E-state index is 12.6. The van der Waals surface area contributed by atoms with E-state index in [0.717, 1.165) is 28.7 Å². The number of benzene rings is 2. The average Bonchev–Trinajstić information content (AvgIpc) is 3.12. The molecule has 0 bridgehead atoms. The molecule has 1 aliphatic carbocycles. The Bertz CT molecular complexity index is 1060. The molecule has 1 heterocycles. The minimum Gasteiger partial charge on any atom is -0.349 e. The molecule has 1 amide bonds. The topological polar surface area (TPSA) is 59.8 Å². The summed E-state index contributed by atoms with van der Waals surface area (Å²) in [5, 5.41) is 12.4. The van der Waals surface area contributed by atoms with Crippen molar-refractivity contribution in [1.82, 2.24) is 20.1 Å². The number of hydrogen-bond acceptors (Lipinski definition) is 4. The molecule has 2 aromatic carbocycles. The van der Waals surface area contributed by atoms with Crippen LogP contribution >= 0.6 is 11.8 Å². The van der Waals surface area contributed by atoms with E-state index in [1.54, 1.807) is 0 Å². The quantitative estimate of drug-likeness (QED) is 0.586. The monoisotopic (exact) mass is 420 g/mol. The Labute approximate surface area is 182 Å². The van der Waals surface area contributed by atoms with Gasteiger partial charge in [0.25, 0.3) is 0 Å². The van der Waals surface area contributed by atoms with Crippen molar-refractivity contribution in [2.24, 2.45) is 0 Å². The van der Waals surface area contributed by atoms with E-state index in [4.69, 9.17) is 0 Å². The van der Waals surface area contributed by atoms with Gasteiger partial charge in [0.1, 0.15) is 5.82 Å². The van der Waals surface area contributed by atoms with Gasteiger partial charge in [0.05, 0.1) is 17.5 Å². The van der Waals surface area contributed by atoms with Gasteiger partial charge in [-0.2, -0.15) is 0 Å². The van der Waals surface area contributed by atoms with E-state index >= 15 is 0 Å². The van der Waals surface area contributed by atoms with Crippen molar-refractivity contribution in [1.29, 1.82) is 0 Å². The summed E-state index contributed by atoms with van der Waals surface area (Å²) < 4.78 is 2.01. The molecule has 6 heteroatoms. The van der Waals surface area contributed by atoms with E-state index in [0.29, 0.717) is 5.75 Å². The van der Waals surface area contributed by atoms with Crippen molar-refractivity contribution in [3.05, 3.63) is 70.5 Å². The highest BCUT2D eigenvalue weighted by Gasteiger charge is 2.17. The van der Waals surface area contributed by atoms with E-state index in [-0.39, 0.29) is 11.9 Å². The second-order valence-corrected chi connectivity index (χ2v) is 8.91. The molecule has 4 rings (SSSR count). The number of nitrogens with one attached hydrogen (secondary N) is 1. The first-order valence-corrected chi connectivity index (χ1v) is 11.5. The van der Waals surface area contributed by atoms with E-state index < -0.39 is 0 Å². The predicted octanol–water partition coefficient (Wildman–Crippen LogP) is 4.73. The lowest BCUT2D eigenvalue weighted by atomic mass is 9.89. The van der Waals surface area contributed by atoms with Crippen LogP contribution in [-0.2, 0) is 17.6 Å². The van der Waals surface area contributed by atoms with Gasteiger partial charge < -0.3 is 5.32 Å². The Morgan fingerprint density at radius 1 is 1.10 bits per heavy atom. The summed E-state index contributed by atoms with van der Waals surface area (Å²) in [5.74, 6) is 1.12. The number of fused-ring (bicyclic) bond motifs is 1. The van der Waals surface area contributed by atoms with Gasteiger partial charge in [-0.15, -0.1) is 10.2 Å². The molecule has 156 valence electrons. The Kier molecular flexibility index (Phi) is 6.23. The fourth-order valence-corrected chi connectivity index (χ4v) is 4.85. The first-order valence-electron chi connectivity index (χ1n) is 10.5. The van der Waals surface area contributed by atoms with Gasteiger partial charge in [-0.1, -0.05) is 48.2 Å². The standard InChI is InChI=1S/C24H28N4OS/c1-16-8-4-7-11-22(16)28-18(3)26-27-24(28)30-15-23(29)25-17(2)20-13-12-19-9-5-6-10-21(19)14-20/h4,7-8,11-14,17H,5-6,9-10,15H2,1-3H3,(H,25,29). The van der Waals surface area contributed by atoms with Gasteiger partial charge >= 0.3 is 0 Å². The summed E-state index contributed by atoms with van der Waals surface area (Å²) in [6.45, 7) is 6.05. The minimum absolute atomic E-state index is 0.00204. The molecule has 0 radical (unpaired) electrons. The van der Waals surface area contributed by atoms with Crippen LogP contribution in [0.2, 0.25) is 0 Å². The minimum atomic E-state index is -0.0127. The SMILES string of the molecule is Cc1ccccc1-n1c(C)nnc1SCC(=O)NC(C)c1ccc2c(c1)CCCC2. The summed E-state index contributed by atoms with van der Waals surface area (Å²) in [4.78, 5) is 12.6. The first-order chi connectivity index (χ1) is 14.5. The lowest BCUT2D eigenvalue weighted by Crippen LogP contribution is -2.28. The Balaban J connectivity index is 1.41. The molecular formula is C24H28N4OS. The second kappa shape index (κ2) is 9.04. The molecular weight excluding hydrogens is 392 g/mol. The van der Waals surface area contributed by atoms with Crippen molar-refractivity contribution < 1.29 is 4.79 Å². The number of rotatable bonds is 6. The third-order valence-corrected chi connectivity index (χ3v) is 6.66. The number of aromatic nitrogens is 3. The maximum Gasteiger partial charge on any atom is 0.230 e. The van der Waals surface area contributed by atoms with Crippen LogP contribution in [-0.4, -0.2) is 26.4 Å². The first kappa shape index (κ1) is 20.7. The molecule has 1 aliphatic rings. The Morgan fingerprint density at radius 2 is 1.87 bits per heavy atom. The third-order valence-electron chi connectivity index (χ3n) is 5.73. The zero-order valence-corrected chi connectivity index (χ0v) is 18.6. The zero-order valence-electron chi connectivity index (χ0n) is 17.8. The molecule has 0 saturated carbocycles. The van der Waals surface area contributed by atoms with Crippen LogP contribution in [0.15, 0.2) is 47.6 Å². The van der Waals surface area contributed by atoms with Gasteiger partial charge in [0.15, 0.2) is 5.16 Å². The molecule has 0 aliphatic heterocycles. The van der Waals surface area contributed by atoms with Crippen LogP contribution in [0.4, 0.5) is 0 Å². The zero-order chi connectivity index (χ0) is 21.1. The highest BCUT2D eigenvalue weighted by Crippen LogP contribution is 2.26. The van der Waals surface area contributed by atoms with Crippen molar-refractivity contribution in [3.8, 4) is 5.69 Å². The third kappa shape index (κ3) is 4.43. The summed E-state index contributed by atoms with van der Waals surface area (Å²) >= 11 is 1.42. The fraction of sp³-hybridized carbons (Fsp3) is 0.375. The summed E-state index contributed by atoms with van der Waals surface area (Å²) in [6, 6.07) is 14.8. The molecule has 5 nitrogen and oxygen atoms in total. The van der Waals surface area contributed by atoms with Crippen LogP contribution < -0.4 is 5.32 Å². The highest BCUT2D eigenvalue weighted by molar-refractivity contribution is 7.99. The lowest BCUT2D eigenvalue weighted by molar-refractivity contribution is -0.119. The van der Waals surface area contributed by atoms with Crippen molar-refractivity contribution in [3.63, 3.8) is 0 Å². The van der Waals surface area contributed by atoms with Gasteiger partial charge in [-0.3, -0.25) is 9.36 Å². The number of amides is 1. The van der Waals surface area contributed by atoms with Gasteiger partial charge in [0.2, 0.25) is 5.91 Å². The van der Waals surface area contributed by atoms with E-state index in [2.05, 4.69) is 46.7 Å². The summed E-state index contributed by atoms with van der Waals surface area (Å²) in [7, 11) is 0. The lowest BCUT2D eigenvalue weighted by Gasteiger charge is -2.20. The molecule has 0 saturated heterocycles. The number of carbonyl (C=O) groups excluding carboxylic acids is 1. The molecule has 3 aromatic rings. The number of nitrogens with zero attached hydrogens (tertiary/aromatic N) is 3. The van der Waals surface area contributed by atoms with Gasteiger partial charge in [-0.05, 0) is 74.8 Å². The number of hydrogen-bond donors (Lipinski definition) is 1. The molecule has 0 fully saturated rings. The van der Waals surface area contributed by atoms with Gasteiger partial charge in [0, 0.05) is 0 Å². The molecule has 30 heavy (non-hydrogen) atoms. The molecule has 0 spiro atoms. The van der Waals surface area contributed by atoms with Crippen molar-refractivity contribution in [2.75, 3.05) is 5.75 Å². The largest absolute Gasteiger partial charge is 0.349 e. The number of carbonyl (C=O) groups is 1. The normalized spacial score (nSPS) is 14.2. The van der Waals surface area contributed by atoms with Crippen LogP contribution in [0.1, 0.15) is 53.9 Å². The average molecular weight is 421 g/mol. The number of para-hydroxylation sites is 1. The number of thioether (sulfide) groups is 1. The molecule has 1 atom stereocenters. The molecule has 1 aromatic heterocycles. The molecule has 1 unspecified atom stereocenters. The second-order valence-electron chi connectivity index (χ2n) is 7.96. The van der Waals surface area contributed by atoms with Crippen LogP contribution in [0.3, 0.4) is 0 Å². The van der Waals surface area contributed by atoms with Crippen LogP contribution in [0.5, 0.6) is 0 Å². The Hall–Kier alpha value is -2.60. The van der Waals surface area contributed by atoms with E-state index in [9.17, 15) is 4.79 Å². The van der Waals surface area contributed by atoms with Crippen molar-refractivity contribution >= 4 is 17.7 Å². The van der Waals surface area contributed by atoms with Crippen molar-refractivity contribution in [2.45, 2.75) is 57.7 Å². The molecule has 1 N–H and O–H groups in total. The highest BCUT2D eigenvalue weighted by atomic mass is 32.2. The summed E-state index contributed by atoms with van der Waals surface area (Å²) in [5.41, 5.74) is 6.27. The predicted molar refractivity (Wildman–Crippen MR) is 121 cm³/mol. The van der Waals surface area contributed by atoms with Crippen LogP contribution in [0.25, 0.3) is 5.69 Å². The Morgan fingerprint density at radius 3 is 2.67 bits per heavy atom. The smallest absolute Gasteiger partial charge is 0.230 e. The van der Waals surface area contributed by atoms with E-state index in [1.807, 2.05) is 36.6 Å². The van der Waals surface area contributed by atoms with E-state index in [1.165, 1.54) is 47.7 Å².